The lowest BCUT2D eigenvalue weighted by atomic mass is 9.79. The van der Waals surface area contributed by atoms with Gasteiger partial charge in [0, 0.05) is 55.5 Å². The van der Waals surface area contributed by atoms with Crippen molar-refractivity contribution < 1.29 is 8.83 Å². The van der Waals surface area contributed by atoms with E-state index >= 15 is 0 Å². The summed E-state index contributed by atoms with van der Waals surface area (Å²) in [6.07, 6.45) is 0. The molecule has 0 spiro atoms. The highest BCUT2D eigenvalue weighted by Crippen LogP contribution is 2.56. The van der Waals surface area contributed by atoms with Crippen LogP contribution < -0.4 is 4.90 Å². The number of para-hydroxylation sites is 1. The maximum absolute atomic E-state index is 6.96. The molecular weight excluding hydrogens is 683 g/mol. The molecule has 0 saturated carbocycles. The molecule has 7 aromatic carbocycles. The van der Waals surface area contributed by atoms with E-state index in [4.69, 9.17) is 8.83 Å². The Kier molecular flexibility index (Phi) is 7.36. The van der Waals surface area contributed by atoms with Crippen LogP contribution in [0, 0.1) is 0 Å². The molecule has 0 N–H and O–H groups in total. The van der Waals surface area contributed by atoms with E-state index in [0.29, 0.717) is 0 Å². The number of hydrogen-bond donors (Lipinski definition) is 0. The van der Waals surface area contributed by atoms with E-state index in [9.17, 15) is 0 Å². The molecule has 3 heteroatoms. The van der Waals surface area contributed by atoms with Crippen molar-refractivity contribution in [3.63, 3.8) is 0 Å². The van der Waals surface area contributed by atoms with E-state index in [2.05, 4.69) is 188 Å². The highest BCUT2D eigenvalue weighted by atomic mass is 16.3. The summed E-state index contributed by atoms with van der Waals surface area (Å²) in [5, 5.41) is 4.63. The first kappa shape index (κ1) is 34.4. The van der Waals surface area contributed by atoms with E-state index in [1.807, 2.05) is 12.1 Å². The molecule has 0 aliphatic heterocycles. The summed E-state index contributed by atoms with van der Waals surface area (Å²) < 4.78 is 13.4. The summed E-state index contributed by atoms with van der Waals surface area (Å²) in [5.41, 5.74) is 16.7. The molecule has 1 aliphatic carbocycles. The molecule has 0 amide bonds. The van der Waals surface area contributed by atoms with Gasteiger partial charge in [-0.15, -0.1) is 0 Å². The Morgan fingerprint density at radius 3 is 1.91 bits per heavy atom. The van der Waals surface area contributed by atoms with Crippen LogP contribution >= 0.6 is 0 Å². The van der Waals surface area contributed by atoms with Gasteiger partial charge in [0.25, 0.3) is 0 Å². The highest BCUT2D eigenvalue weighted by Gasteiger charge is 2.39. The summed E-state index contributed by atoms with van der Waals surface area (Å²) in [6.45, 7) is 18.5. The lowest BCUT2D eigenvalue weighted by Gasteiger charge is -2.29. The monoisotopic (exact) mass is 729 g/mol. The maximum atomic E-state index is 6.96. The van der Waals surface area contributed by atoms with Crippen molar-refractivity contribution in [1.82, 2.24) is 0 Å². The second kappa shape index (κ2) is 12.0. The number of rotatable bonds is 4. The third-order valence-electron chi connectivity index (χ3n) is 12.1. The first-order chi connectivity index (χ1) is 26.8. The lowest BCUT2D eigenvalue weighted by molar-refractivity contribution is 0.559. The Morgan fingerprint density at radius 2 is 1.16 bits per heavy atom. The third-order valence-corrected chi connectivity index (χ3v) is 12.1. The largest absolute Gasteiger partial charge is 0.456 e. The van der Waals surface area contributed by atoms with Gasteiger partial charge >= 0.3 is 0 Å². The predicted octanol–water partition coefficient (Wildman–Crippen LogP) is 15.5. The molecule has 0 bridgehead atoms. The Hall–Kier alpha value is -6.06. The van der Waals surface area contributed by atoms with Gasteiger partial charge in [-0.25, -0.2) is 0 Å². The van der Waals surface area contributed by atoms with Crippen LogP contribution in [0.2, 0.25) is 0 Å². The molecule has 0 saturated heterocycles. The van der Waals surface area contributed by atoms with E-state index in [0.717, 1.165) is 50.2 Å². The summed E-state index contributed by atoms with van der Waals surface area (Å²) in [6, 6.07) is 50.8. The number of hydrogen-bond acceptors (Lipinski definition) is 3. The van der Waals surface area contributed by atoms with Crippen molar-refractivity contribution >= 4 is 60.9 Å². The van der Waals surface area contributed by atoms with Gasteiger partial charge in [-0.3, -0.25) is 0 Å². The number of benzene rings is 7. The quantitative estimate of drug-likeness (QED) is 0.181. The van der Waals surface area contributed by atoms with E-state index < -0.39 is 0 Å². The van der Waals surface area contributed by atoms with Crippen molar-refractivity contribution in [2.45, 2.75) is 71.6 Å². The van der Waals surface area contributed by atoms with Crippen molar-refractivity contribution in [3.05, 3.63) is 162 Å². The van der Waals surface area contributed by atoms with Gasteiger partial charge in [0.2, 0.25) is 0 Å². The summed E-state index contributed by atoms with van der Waals surface area (Å²) in [5.74, 6) is 0. The smallest absolute Gasteiger partial charge is 0.139 e. The highest BCUT2D eigenvalue weighted by molar-refractivity contribution is 6.10. The number of fused-ring (bicyclic) bond motifs is 9. The molecule has 2 aromatic heterocycles. The topological polar surface area (TPSA) is 29.5 Å². The van der Waals surface area contributed by atoms with Crippen LogP contribution in [0.25, 0.3) is 66.1 Å². The number of anilines is 3. The molecular formula is C53H47NO2. The van der Waals surface area contributed by atoms with Crippen molar-refractivity contribution in [2.75, 3.05) is 4.90 Å². The average Bonchev–Trinajstić information content (AvgIpc) is 3.81. The van der Waals surface area contributed by atoms with E-state index in [-0.39, 0.29) is 16.2 Å². The molecule has 2 heterocycles. The SMILES string of the molecule is CC(C)(C)c1cc(C(C)(C)C)c2oc3cc4c(cc3c2c1)C(C)(C)c1cccc(N(c2ccc(-c3ccccc3)cc2)c2ccc3c(c2)oc2ccccc23)c1-4. The Labute approximate surface area is 329 Å². The Balaban J connectivity index is 1.21. The molecule has 9 aromatic rings. The van der Waals surface area contributed by atoms with Crippen LogP contribution in [0.5, 0.6) is 0 Å². The number of furan rings is 2. The summed E-state index contributed by atoms with van der Waals surface area (Å²) in [4.78, 5) is 2.40. The Bertz CT molecular complexity index is 3000. The maximum Gasteiger partial charge on any atom is 0.139 e. The molecule has 56 heavy (non-hydrogen) atoms. The van der Waals surface area contributed by atoms with E-state index in [1.165, 1.54) is 55.3 Å². The summed E-state index contributed by atoms with van der Waals surface area (Å²) >= 11 is 0. The van der Waals surface area contributed by atoms with Gasteiger partial charge in [0.15, 0.2) is 0 Å². The second-order valence-corrected chi connectivity index (χ2v) is 18.2. The standard InChI is InChI=1S/C53H47NO2/c1-51(2,3)34-27-40-39-30-43-41(31-48(39)56-50(40)44(28-34)52(4,5)6)49-42(53(43,7)8)18-14-19-45(49)54(35-23-21-33(22-24-35)32-15-10-9-11-16-32)36-25-26-38-37-17-12-13-20-46(37)55-47(38)29-36/h9-31H,1-8H3. The first-order valence-corrected chi connectivity index (χ1v) is 19.8. The molecule has 0 radical (unpaired) electrons. The average molecular weight is 730 g/mol. The predicted molar refractivity (Wildman–Crippen MR) is 236 cm³/mol. The van der Waals surface area contributed by atoms with Crippen LogP contribution in [0.3, 0.4) is 0 Å². The summed E-state index contributed by atoms with van der Waals surface area (Å²) in [7, 11) is 0. The van der Waals surface area contributed by atoms with E-state index in [1.54, 1.807) is 0 Å². The third kappa shape index (κ3) is 5.24. The minimum Gasteiger partial charge on any atom is -0.456 e. The van der Waals surface area contributed by atoms with Crippen LogP contribution in [-0.4, -0.2) is 0 Å². The fourth-order valence-electron chi connectivity index (χ4n) is 9.03. The van der Waals surface area contributed by atoms with Crippen LogP contribution in [-0.2, 0) is 16.2 Å². The molecule has 276 valence electrons. The molecule has 0 fully saturated rings. The fourth-order valence-corrected chi connectivity index (χ4v) is 9.03. The van der Waals surface area contributed by atoms with Gasteiger partial charge in [-0.1, -0.05) is 134 Å². The van der Waals surface area contributed by atoms with Crippen molar-refractivity contribution in [3.8, 4) is 22.3 Å². The normalized spacial score (nSPS) is 13.9. The van der Waals surface area contributed by atoms with Gasteiger partial charge in [-0.05, 0) is 98.8 Å². The van der Waals surface area contributed by atoms with Crippen LogP contribution in [0.15, 0.2) is 148 Å². The molecule has 0 unspecified atom stereocenters. The van der Waals surface area contributed by atoms with Gasteiger partial charge in [0.1, 0.15) is 22.3 Å². The van der Waals surface area contributed by atoms with Gasteiger partial charge in [0.05, 0.1) is 5.69 Å². The fraction of sp³-hybridized carbons (Fsp3) is 0.208. The van der Waals surface area contributed by atoms with Crippen LogP contribution in [0.4, 0.5) is 17.1 Å². The van der Waals surface area contributed by atoms with Crippen molar-refractivity contribution in [1.29, 1.82) is 0 Å². The van der Waals surface area contributed by atoms with Crippen molar-refractivity contribution in [2.24, 2.45) is 0 Å². The van der Waals surface area contributed by atoms with Gasteiger partial charge in [-0.2, -0.15) is 0 Å². The molecule has 3 nitrogen and oxygen atoms in total. The van der Waals surface area contributed by atoms with Crippen LogP contribution in [0.1, 0.15) is 77.6 Å². The molecule has 10 rings (SSSR count). The zero-order valence-corrected chi connectivity index (χ0v) is 33.5. The van der Waals surface area contributed by atoms with Gasteiger partial charge < -0.3 is 13.7 Å². The Morgan fingerprint density at radius 1 is 0.482 bits per heavy atom. The zero-order chi connectivity index (χ0) is 38.7. The lowest BCUT2D eigenvalue weighted by Crippen LogP contribution is -2.16. The number of nitrogens with zero attached hydrogens (tertiary/aromatic N) is 1. The molecule has 1 aliphatic rings. The minimum atomic E-state index is -0.238. The second-order valence-electron chi connectivity index (χ2n) is 18.2. The zero-order valence-electron chi connectivity index (χ0n) is 33.5. The minimum absolute atomic E-state index is 0.00701. The first-order valence-electron chi connectivity index (χ1n) is 19.8. The molecule has 0 atom stereocenters.